The van der Waals surface area contributed by atoms with Crippen molar-refractivity contribution >= 4 is 46.1 Å². The average molecular weight is 527 g/mol. The van der Waals surface area contributed by atoms with Crippen molar-refractivity contribution in [2.75, 3.05) is 32.8 Å². The highest BCUT2D eigenvalue weighted by molar-refractivity contribution is 6.42. The zero-order valence-electron chi connectivity index (χ0n) is 20.4. The van der Waals surface area contributed by atoms with Gasteiger partial charge in [0.1, 0.15) is 0 Å². The lowest BCUT2D eigenvalue weighted by Crippen LogP contribution is -2.50. The van der Waals surface area contributed by atoms with Gasteiger partial charge in [-0.2, -0.15) is 0 Å². The first kappa shape index (κ1) is 25.3. The van der Waals surface area contributed by atoms with Crippen LogP contribution in [0.1, 0.15) is 42.7 Å². The van der Waals surface area contributed by atoms with Crippen molar-refractivity contribution in [1.29, 1.82) is 0 Å². The Kier molecular flexibility index (Phi) is 8.02. The van der Waals surface area contributed by atoms with E-state index in [0.29, 0.717) is 21.9 Å². The van der Waals surface area contributed by atoms with Crippen LogP contribution in [0.3, 0.4) is 0 Å². The number of benzene rings is 2. The Morgan fingerprint density at radius 3 is 2.50 bits per heavy atom. The molecule has 2 fully saturated rings. The number of fused-ring (bicyclic) bond motifs is 1. The lowest BCUT2D eigenvalue weighted by Gasteiger charge is -2.43. The minimum atomic E-state index is 0.0135. The minimum absolute atomic E-state index is 0.0135. The summed E-state index contributed by atoms with van der Waals surface area (Å²) in [6.45, 7) is 3.62. The topological polar surface area (TPSA) is 59.6 Å². The van der Waals surface area contributed by atoms with E-state index in [4.69, 9.17) is 23.2 Å². The number of aromatic nitrogens is 1. The summed E-state index contributed by atoms with van der Waals surface area (Å²) < 4.78 is 0. The Morgan fingerprint density at radius 1 is 1.03 bits per heavy atom. The molecule has 5 nitrogen and oxygen atoms in total. The molecule has 5 rings (SSSR count). The van der Waals surface area contributed by atoms with Crippen LogP contribution in [-0.2, 0) is 4.79 Å². The van der Waals surface area contributed by atoms with E-state index >= 15 is 0 Å². The van der Waals surface area contributed by atoms with Gasteiger partial charge in [0.2, 0.25) is 5.91 Å². The van der Waals surface area contributed by atoms with Crippen LogP contribution in [-0.4, -0.2) is 64.6 Å². The van der Waals surface area contributed by atoms with Gasteiger partial charge in [-0.05, 0) is 86.0 Å². The van der Waals surface area contributed by atoms with Gasteiger partial charge in [-0.25, -0.2) is 0 Å². The first-order chi connectivity index (χ1) is 17.5. The van der Waals surface area contributed by atoms with Crippen LogP contribution in [0.25, 0.3) is 17.0 Å². The molecule has 7 heteroatoms. The van der Waals surface area contributed by atoms with Gasteiger partial charge in [0, 0.05) is 42.3 Å². The van der Waals surface area contributed by atoms with Gasteiger partial charge in [0.15, 0.2) is 0 Å². The van der Waals surface area contributed by atoms with Gasteiger partial charge >= 0.3 is 0 Å². The molecule has 0 aliphatic carbocycles. The number of rotatable bonds is 6. The number of aromatic amines is 1. The third kappa shape index (κ3) is 5.50. The molecule has 2 saturated heterocycles. The van der Waals surface area contributed by atoms with Crippen LogP contribution in [0.2, 0.25) is 10.0 Å². The SMILES string of the molecule is O=C(/C=C/c1ccc(Cl)c(Cl)c1)N1CCC(C(CO)N2CCC(c3c[nH]c4ccccc34)CC2)CC1. The smallest absolute Gasteiger partial charge is 0.246 e. The summed E-state index contributed by atoms with van der Waals surface area (Å²) in [7, 11) is 0. The summed E-state index contributed by atoms with van der Waals surface area (Å²) >= 11 is 12.0. The molecule has 36 heavy (non-hydrogen) atoms. The summed E-state index contributed by atoms with van der Waals surface area (Å²) in [5.41, 5.74) is 3.48. The second-order valence-electron chi connectivity index (χ2n) is 10.0. The van der Waals surface area contributed by atoms with E-state index in [1.54, 1.807) is 24.3 Å². The summed E-state index contributed by atoms with van der Waals surface area (Å²) in [6.07, 6.45) is 9.62. The molecule has 1 unspecified atom stereocenters. The van der Waals surface area contributed by atoms with E-state index < -0.39 is 0 Å². The largest absolute Gasteiger partial charge is 0.395 e. The average Bonchev–Trinajstić information content (AvgIpc) is 3.35. The molecule has 3 heterocycles. The summed E-state index contributed by atoms with van der Waals surface area (Å²) in [4.78, 5) is 20.5. The number of H-pyrrole nitrogens is 1. The van der Waals surface area contributed by atoms with Crippen LogP contribution in [0, 0.1) is 5.92 Å². The van der Waals surface area contributed by atoms with Gasteiger partial charge in [-0.15, -0.1) is 0 Å². The van der Waals surface area contributed by atoms with Crippen molar-refractivity contribution in [1.82, 2.24) is 14.8 Å². The number of para-hydroxylation sites is 1. The maximum atomic E-state index is 12.7. The van der Waals surface area contributed by atoms with Gasteiger partial charge in [-0.1, -0.05) is 47.5 Å². The number of aliphatic hydroxyl groups excluding tert-OH is 1. The molecule has 2 aliphatic heterocycles. The first-order valence-corrected chi connectivity index (χ1v) is 13.6. The lowest BCUT2D eigenvalue weighted by molar-refractivity contribution is -0.127. The van der Waals surface area contributed by atoms with Crippen LogP contribution >= 0.6 is 23.2 Å². The number of piperidine rings is 2. The summed E-state index contributed by atoms with van der Waals surface area (Å²) in [6, 6.07) is 14.0. The summed E-state index contributed by atoms with van der Waals surface area (Å²) in [5, 5.41) is 12.6. The number of hydrogen-bond acceptors (Lipinski definition) is 3. The molecular weight excluding hydrogens is 493 g/mol. The van der Waals surface area contributed by atoms with E-state index in [2.05, 4.69) is 40.3 Å². The monoisotopic (exact) mass is 525 g/mol. The molecule has 1 aromatic heterocycles. The predicted octanol–water partition coefficient (Wildman–Crippen LogP) is 5.97. The quantitative estimate of drug-likeness (QED) is 0.390. The Balaban J connectivity index is 1.13. The third-order valence-electron chi connectivity index (χ3n) is 8.00. The molecule has 0 radical (unpaired) electrons. The van der Waals surface area contributed by atoms with Crippen LogP contribution in [0.5, 0.6) is 0 Å². The highest BCUT2D eigenvalue weighted by atomic mass is 35.5. The van der Waals surface area contributed by atoms with Crippen LogP contribution in [0.15, 0.2) is 54.7 Å². The van der Waals surface area contributed by atoms with Crippen molar-refractivity contribution in [2.45, 2.75) is 37.6 Å². The molecule has 190 valence electrons. The highest BCUT2D eigenvalue weighted by Gasteiger charge is 2.33. The number of nitrogens with zero attached hydrogens (tertiary/aromatic N) is 2. The van der Waals surface area contributed by atoms with E-state index in [-0.39, 0.29) is 18.6 Å². The Bertz CT molecular complexity index is 1220. The maximum Gasteiger partial charge on any atom is 0.246 e. The lowest BCUT2D eigenvalue weighted by atomic mass is 9.84. The van der Waals surface area contributed by atoms with Crippen LogP contribution in [0.4, 0.5) is 0 Å². The number of aliphatic hydroxyl groups is 1. The molecule has 2 aliphatic rings. The number of hydrogen-bond donors (Lipinski definition) is 2. The number of likely N-dealkylation sites (tertiary alicyclic amines) is 2. The Morgan fingerprint density at radius 2 is 1.78 bits per heavy atom. The standard InChI is InChI=1S/C29H33Cl2N3O2/c30-25-7-5-20(17-26(25)31)6-8-29(36)34-15-11-22(12-16-34)28(19-35)33-13-9-21(10-14-33)24-18-32-27-4-2-1-3-23(24)27/h1-8,17-18,21-22,28,32,35H,9-16,19H2/b8-6+. The zero-order chi connectivity index (χ0) is 25.1. The molecule has 3 aromatic rings. The van der Waals surface area contributed by atoms with Crippen molar-refractivity contribution in [3.63, 3.8) is 0 Å². The summed E-state index contributed by atoms with van der Waals surface area (Å²) in [5.74, 6) is 0.973. The molecule has 0 bridgehead atoms. The first-order valence-electron chi connectivity index (χ1n) is 12.9. The number of halogens is 2. The fourth-order valence-electron chi connectivity index (χ4n) is 5.93. The zero-order valence-corrected chi connectivity index (χ0v) is 21.9. The van der Waals surface area contributed by atoms with Crippen molar-refractivity contribution < 1.29 is 9.90 Å². The Hall–Kier alpha value is -2.31. The molecule has 0 spiro atoms. The molecule has 0 saturated carbocycles. The normalized spacial score (nSPS) is 19.4. The van der Waals surface area contributed by atoms with Crippen molar-refractivity contribution in [3.05, 3.63) is 75.9 Å². The molecule has 2 aromatic carbocycles. The van der Waals surface area contributed by atoms with Crippen LogP contribution < -0.4 is 0 Å². The number of carbonyl (C=O) groups is 1. The van der Waals surface area contributed by atoms with E-state index in [1.165, 1.54) is 16.5 Å². The van der Waals surface area contributed by atoms with E-state index in [1.807, 2.05) is 11.0 Å². The second-order valence-corrected chi connectivity index (χ2v) is 10.8. The third-order valence-corrected chi connectivity index (χ3v) is 8.74. The van der Waals surface area contributed by atoms with Gasteiger partial charge in [0.25, 0.3) is 0 Å². The fourth-order valence-corrected chi connectivity index (χ4v) is 6.24. The van der Waals surface area contributed by atoms with Gasteiger partial charge < -0.3 is 15.0 Å². The number of amides is 1. The molecular formula is C29H33Cl2N3O2. The van der Waals surface area contributed by atoms with Gasteiger partial charge in [0.05, 0.1) is 16.7 Å². The molecule has 1 atom stereocenters. The Labute approximate surface area is 222 Å². The molecule has 2 N–H and O–H groups in total. The van der Waals surface area contributed by atoms with E-state index in [0.717, 1.165) is 57.4 Å². The fraction of sp³-hybridized carbons (Fsp3) is 0.414. The maximum absolute atomic E-state index is 12.7. The predicted molar refractivity (Wildman–Crippen MR) is 148 cm³/mol. The second kappa shape index (κ2) is 11.4. The van der Waals surface area contributed by atoms with Gasteiger partial charge in [-0.3, -0.25) is 9.69 Å². The van der Waals surface area contributed by atoms with Crippen molar-refractivity contribution in [3.8, 4) is 0 Å². The van der Waals surface area contributed by atoms with E-state index in [9.17, 15) is 9.90 Å². The number of carbonyl (C=O) groups excluding carboxylic acids is 1. The number of nitrogens with one attached hydrogen (secondary N) is 1. The van der Waals surface area contributed by atoms with Crippen molar-refractivity contribution in [2.24, 2.45) is 5.92 Å². The highest BCUT2D eigenvalue weighted by Crippen LogP contribution is 2.35. The minimum Gasteiger partial charge on any atom is -0.395 e. The molecule has 1 amide bonds.